The largest absolute Gasteiger partial charge is 0.378 e. The van der Waals surface area contributed by atoms with Crippen molar-refractivity contribution < 1.29 is 13.2 Å². The van der Waals surface area contributed by atoms with Crippen LogP contribution < -0.4 is 10.6 Å². The summed E-state index contributed by atoms with van der Waals surface area (Å²) >= 11 is 0. The predicted octanol–water partition coefficient (Wildman–Crippen LogP) is 2.66. The van der Waals surface area contributed by atoms with Crippen LogP contribution in [-0.4, -0.2) is 45.9 Å². The van der Waals surface area contributed by atoms with Crippen LogP contribution >= 0.6 is 0 Å². The van der Waals surface area contributed by atoms with Gasteiger partial charge in [0.25, 0.3) is 0 Å². The Morgan fingerprint density at radius 2 is 2.00 bits per heavy atom. The van der Waals surface area contributed by atoms with Gasteiger partial charge < -0.3 is 15.4 Å². The second-order valence-electron chi connectivity index (χ2n) is 8.12. The van der Waals surface area contributed by atoms with E-state index in [9.17, 15) is 8.42 Å². The number of aryl methyl sites for hydroxylation is 1. The molecule has 0 amide bonds. The van der Waals surface area contributed by atoms with E-state index >= 15 is 0 Å². The van der Waals surface area contributed by atoms with Crippen molar-refractivity contribution in [3.8, 4) is 0 Å². The lowest BCUT2D eigenvalue weighted by molar-refractivity contribution is -0.176. The van der Waals surface area contributed by atoms with Gasteiger partial charge in [0.15, 0.2) is 15.8 Å². The molecular weight excluding hydrogens is 362 g/mol. The molecule has 1 saturated carbocycles. The van der Waals surface area contributed by atoms with Gasteiger partial charge >= 0.3 is 0 Å². The molecule has 2 N–H and O–H groups in total. The average Bonchev–Trinajstić information content (AvgIpc) is 2.57. The standard InChI is InChI=1S/C20H33N3O3S/c1-8-21-18(23-17-12-20(5,26-6)19(17,3)4)22-13-15-9-10-16(14(2)11-15)27(7,24)25/h9-11,17H,8,12-13H2,1-7H3,(H2,21,22,23). The monoisotopic (exact) mass is 395 g/mol. The molecule has 1 aliphatic carbocycles. The van der Waals surface area contributed by atoms with Gasteiger partial charge in [-0.3, -0.25) is 0 Å². The van der Waals surface area contributed by atoms with E-state index in [1.807, 2.05) is 26.0 Å². The van der Waals surface area contributed by atoms with E-state index in [2.05, 4.69) is 36.4 Å². The highest BCUT2D eigenvalue weighted by Crippen LogP contribution is 2.51. The molecule has 0 spiro atoms. The number of methoxy groups -OCH3 is 1. The number of rotatable bonds is 6. The van der Waals surface area contributed by atoms with Gasteiger partial charge in [-0.1, -0.05) is 26.0 Å². The summed E-state index contributed by atoms with van der Waals surface area (Å²) in [4.78, 5) is 5.05. The summed E-state index contributed by atoms with van der Waals surface area (Å²) in [5, 5.41) is 6.81. The van der Waals surface area contributed by atoms with Crippen molar-refractivity contribution in [3.05, 3.63) is 29.3 Å². The number of guanidine groups is 1. The number of nitrogens with zero attached hydrogens (tertiary/aromatic N) is 1. The molecule has 0 aromatic heterocycles. The van der Waals surface area contributed by atoms with Crippen molar-refractivity contribution in [2.75, 3.05) is 19.9 Å². The second kappa shape index (κ2) is 7.80. The maximum Gasteiger partial charge on any atom is 0.191 e. The zero-order valence-corrected chi connectivity index (χ0v) is 18.3. The summed E-state index contributed by atoms with van der Waals surface area (Å²) in [6, 6.07) is 5.65. The molecular formula is C20H33N3O3S. The summed E-state index contributed by atoms with van der Waals surface area (Å²) in [5.74, 6) is 0.763. The minimum absolute atomic E-state index is 0.00827. The van der Waals surface area contributed by atoms with E-state index in [1.165, 1.54) is 6.26 Å². The summed E-state index contributed by atoms with van der Waals surface area (Å²) in [6.07, 6.45) is 2.15. The van der Waals surface area contributed by atoms with Crippen LogP contribution in [0.1, 0.15) is 45.2 Å². The summed E-state index contributed by atoms with van der Waals surface area (Å²) < 4.78 is 29.2. The van der Waals surface area contributed by atoms with Crippen molar-refractivity contribution in [3.63, 3.8) is 0 Å². The van der Waals surface area contributed by atoms with E-state index in [0.717, 1.165) is 30.1 Å². The van der Waals surface area contributed by atoms with Gasteiger partial charge in [-0.15, -0.1) is 0 Å². The zero-order valence-electron chi connectivity index (χ0n) is 17.5. The van der Waals surface area contributed by atoms with E-state index in [0.29, 0.717) is 11.4 Å². The molecule has 2 atom stereocenters. The first-order valence-electron chi connectivity index (χ1n) is 9.34. The molecule has 0 radical (unpaired) electrons. The minimum Gasteiger partial charge on any atom is -0.378 e. The summed E-state index contributed by atoms with van der Waals surface area (Å²) in [7, 11) is -1.44. The summed E-state index contributed by atoms with van der Waals surface area (Å²) in [6.45, 7) is 11.6. The Morgan fingerprint density at radius 1 is 1.33 bits per heavy atom. The van der Waals surface area contributed by atoms with E-state index in [-0.39, 0.29) is 17.1 Å². The van der Waals surface area contributed by atoms with Gasteiger partial charge in [-0.25, -0.2) is 13.4 Å². The van der Waals surface area contributed by atoms with Gasteiger partial charge in [0.2, 0.25) is 0 Å². The average molecular weight is 396 g/mol. The number of aliphatic imine (C=N–C) groups is 1. The fourth-order valence-corrected chi connectivity index (χ4v) is 4.56. The molecule has 152 valence electrons. The lowest BCUT2D eigenvalue weighted by atomic mass is 9.56. The third kappa shape index (κ3) is 4.46. The van der Waals surface area contributed by atoms with Crippen LogP contribution in [0.15, 0.2) is 28.1 Å². The molecule has 2 rings (SSSR count). The van der Waals surface area contributed by atoms with Gasteiger partial charge in [-0.2, -0.15) is 0 Å². The van der Waals surface area contributed by atoms with Crippen molar-refractivity contribution >= 4 is 15.8 Å². The Kier molecular flexibility index (Phi) is 6.26. The molecule has 0 heterocycles. The van der Waals surface area contributed by atoms with Gasteiger partial charge in [0, 0.05) is 31.4 Å². The molecule has 1 aromatic carbocycles. The lowest BCUT2D eigenvalue weighted by Crippen LogP contribution is -2.69. The number of ether oxygens (including phenoxy) is 1. The molecule has 27 heavy (non-hydrogen) atoms. The molecule has 7 heteroatoms. The highest BCUT2D eigenvalue weighted by atomic mass is 32.2. The fourth-order valence-electron chi connectivity index (χ4n) is 3.60. The Bertz CT molecular complexity index is 818. The van der Waals surface area contributed by atoms with Crippen LogP contribution in [0.2, 0.25) is 0 Å². The molecule has 2 unspecified atom stereocenters. The van der Waals surface area contributed by atoms with E-state index in [1.54, 1.807) is 13.2 Å². The van der Waals surface area contributed by atoms with Gasteiger partial charge in [0.05, 0.1) is 17.0 Å². The molecule has 1 aromatic rings. The first-order chi connectivity index (χ1) is 12.4. The van der Waals surface area contributed by atoms with Gasteiger partial charge in [-0.05, 0) is 44.4 Å². The number of hydrogen-bond acceptors (Lipinski definition) is 4. The smallest absolute Gasteiger partial charge is 0.191 e. The maximum absolute atomic E-state index is 11.8. The molecule has 0 bridgehead atoms. The number of hydrogen-bond donors (Lipinski definition) is 2. The van der Waals surface area contributed by atoms with E-state index in [4.69, 9.17) is 4.74 Å². The van der Waals surface area contributed by atoms with Crippen molar-refractivity contribution in [1.82, 2.24) is 10.6 Å². The highest BCUT2D eigenvalue weighted by Gasteiger charge is 2.58. The Balaban J connectivity index is 2.12. The normalized spacial score (nSPS) is 25.0. The first-order valence-corrected chi connectivity index (χ1v) is 11.2. The van der Waals surface area contributed by atoms with Gasteiger partial charge in [0.1, 0.15) is 0 Å². The second-order valence-corrected chi connectivity index (χ2v) is 10.1. The van der Waals surface area contributed by atoms with Crippen molar-refractivity contribution in [1.29, 1.82) is 0 Å². The number of benzene rings is 1. The molecule has 1 fully saturated rings. The molecule has 1 aliphatic rings. The zero-order chi connectivity index (χ0) is 20.5. The minimum atomic E-state index is -3.20. The summed E-state index contributed by atoms with van der Waals surface area (Å²) in [5.41, 5.74) is 1.58. The number of sulfone groups is 1. The fraction of sp³-hybridized carbons (Fsp3) is 0.650. The Morgan fingerprint density at radius 3 is 2.48 bits per heavy atom. The molecule has 0 saturated heterocycles. The van der Waals surface area contributed by atoms with Crippen LogP contribution in [-0.2, 0) is 21.1 Å². The number of nitrogens with one attached hydrogen (secondary N) is 2. The SMILES string of the molecule is CCNC(=NCc1ccc(S(C)(=O)=O)c(C)c1)NC1CC(C)(OC)C1(C)C. The van der Waals surface area contributed by atoms with Crippen LogP contribution in [0.3, 0.4) is 0 Å². The van der Waals surface area contributed by atoms with Crippen LogP contribution in [0.25, 0.3) is 0 Å². The van der Waals surface area contributed by atoms with Crippen molar-refractivity contribution in [2.24, 2.45) is 10.4 Å². The molecule has 6 nitrogen and oxygen atoms in total. The first kappa shape index (κ1) is 21.7. The predicted molar refractivity (Wildman–Crippen MR) is 110 cm³/mol. The lowest BCUT2D eigenvalue weighted by Gasteiger charge is -2.59. The van der Waals surface area contributed by atoms with Crippen LogP contribution in [0.5, 0.6) is 0 Å². The van der Waals surface area contributed by atoms with Crippen LogP contribution in [0, 0.1) is 12.3 Å². The third-order valence-corrected chi connectivity index (χ3v) is 7.25. The maximum atomic E-state index is 11.8. The highest BCUT2D eigenvalue weighted by molar-refractivity contribution is 7.90. The quantitative estimate of drug-likeness (QED) is 0.572. The molecule has 0 aliphatic heterocycles. The van der Waals surface area contributed by atoms with Crippen molar-refractivity contribution in [2.45, 2.75) is 64.1 Å². The van der Waals surface area contributed by atoms with E-state index < -0.39 is 9.84 Å². The third-order valence-electron chi connectivity index (χ3n) is 5.99. The topological polar surface area (TPSA) is 79.8 Å². The van der Waals surface area contributed by atoms with Crippen LogP contribution in [0.4, 0.5) is 0 Å². The Labute approximate surface area is 163 Å². The Hall–Kier alpha value is -1.60.